The molecule has 2 aromatic rings. The summed E-state index contributed by atoms with van der Waals surface area (Å²) >= 11 is 0. The molecule has 2 heterocycles. The van der Waals surface area contributed by atoms with Crippen LogP contribution in [0.25, 0.3) is 6.08 Å². The normalized spacial score (nSPS) is 20.5. The molecular weight excluding hydrogens is 326 g/mol. The standard InChI is InChI=1S/C22H21NO3/c1-13-5-3-4-6-15(13)10-19-21(24)20-14(2)9-18-17(22(20)26-19)11-23(12-25-18)16-7-8-16/h3-6,9-10,16H,7-8,11-12H2,1-2H3/b19-10-. The van der Waals surface area contributed by atoms with E-state index in [1.807, 2.05) is 50.3 Å². The highest BCUT2D eigenvalue weighted by Crippen LogP contribution is 2.45. The van der Waals surface area contributed by atoms with Crippen molar-refractivity contribution in [2.45, 2.75) is 39.3 Å². The van der Waals surface area contributed by atoms with E-state index in [4.69, 9.17) is 9.47 Å². The van der Waals surface area contributed by atoms with Gasteiger partial charge in [0.1, 0.15) is 18.2 Å². The first kappa shape index (κ1) is 15.6. The first-order valence-corrected chi connectivity index (χ1v) is 9.15. The number of carbonyl (C=O) groups excluding carboxylic acids is 1. The van der Waals surface area contributed by atoms with Gasteiger partial charge in [0.05, 0.1) is 11.1 Å². The summed E-state index contributed by atoms with van der Waals surface area (Å²) in [7, 11) is 0. The lowest BCUT2D eigenvalue weighted by Crippen LogP contribution is -2.34. The summed E-state index contributed by atoms with van der Waals surface area (Å²) in [6.07, 6.45) is 4.31. The molecule has 1 fully saturated rings. The molecule has 132 valence electrons. The molecule has 0 aromatic heterocycles. The summed E-state index contributed by atoms with van der Waals surface area (Å²) in [6.45, 7) is 5.39. The molecule has 3 aliphatic rings. The molecule has 0 saturated heterocycles. The van der Waals surface area contributed by atoms with Crippen LogP contribution in [-0.2, 0) is 6.54 Å². The molecule has 4 nitrogen and oxygen atoms in total. The first-order chi connectivity index (χ1) is 12.6. The van der Waals surface area contributed by atoms with E-state index < -0.39 is 0 Å². The molecule has 2 aromatic carbocycles. The van der Waals surface area contributed by atoms with Crippen LogP contribution in [0.3, 0.4) is 0 Å². The fraction of sp³-hybridized carbons (Fsp3) is 0.318. The number of allylic oxidation sites excluding steroid dienone is 1. The molecule has 2 aliphatic heterocycles. The molecule has 4 heteroatoms. The monoisotopic (exact) mass is 347 g/mol. The van der Waals surface area contributed by atoms with Crippen molar-refractivity contribution in [1.82, 2.24) is 4.90 Å². The number of ether oxygens (including phenoxy) is 2. The third kappa shape index (κ3) is 2.44. The van der Waals surface area contributed by atoms with Gasteiger partial charge < -0.3 is 9.47 Å². The Morgan fingerprint density at radius 2 is 1.96 bits per heavy atom. The number of rotatable bonds is 2. The predicted molar refractivity (Wildman–Crippen MR) is 99.4 cm³/mol. The van der Waals surface area contributed by atoms with E-state index in [2.05, 4.69) is 4.90 Å². The van der Waals surface area contributed by atoms with Gasteiger partial charge in [0, 0.05) is 12.6 Å². The van der Waals surface area contributed by atoms with Crippen molar-refractivity contribution in [3.63, 3.8) is 0 Å². The van der Waals surface area contributed by atoms with Crippen LogP contribution in [-0.4, -0.2) is 23.5 Å². The van der Waals surface area contributed by atoms with Gasteiger partial charge in [-0.3, -0.25) is 9.69 Å². The average molecular weight is 347 g/mol. The van der Waals surface area contributed by atoms with Gasteiger partial charge in [0.15, 0.2) is 5.76 Å². The maximum absolute atomic E-state index is 13.0. The van der Waals surface area contributed by atoms with Gasteiger partial charge in [-0.1, -0.05) is 24.3 Å². The van der Waals surface area contributed by atoms with Crippen LogP contribution >= 0.6 is 0 Å². The minimum Gasteiger partial charge on any atom is -0.478 e. The van der Waals surface area contributed by atoms with E-state index in [0.29, 0.717) is 29.8 Å². The average Bonchev–Trinajstić information content (AvgIpc) is 3.42. The number of carbonyl (C=O) groups is 1. The largest absolute Gasteiger partial charge is 0.478 e. The molecule has 1 aliphatic carbocycles. The van der Waals surface area contributed by atoms with Crippen LogP contribution in [0.2, 0.25) is 0 Å². The van der Waals surface area contributed by atoms with E-state index in [1.165, 1.54) is 12.8 Å². The molecule has 0 bridgehead atoms. The SMILES string of the molecule is Cc1ccccc1/C=C1\Oc2c3c(cc(C)c2C1=O)OCN(C1CC1)C3. The highest BCUT2D eigenvalue weighted by Gasteiger charge is 2.38. The summed E-state index contributed by atoms with van der Waals surface area (Å²) in [4.78, 5) is 15.3. The molecule has 0 amide bonds. The Morgan fingerprint density at radius 1 is 1.15 bits per heavy atom. The number of aryl methyl sites for hydroxylation is 2. The maximum atomic E-state index is 13.0. The van der Waals surface area contributed by atoms with Crippen molar-refractivity contribution in [2.24, 2.45) is 0 Å². The highest BCUT2D eigenvalue weighted by molar-refractivity contribution is 6.16. The van der Waals surface area contributed by atoms with Crippen molar-refractivity contribution in [3.8, 4) is 11.5 Å². The lowest BCUT2D eigenvalue weighted by atomic mass is 9.98. The zero-order valence-electron chi connectivity index (χ0n) is 15.0. The van der Waals surface area contributed by atoms with E-state index in [-0.39, 0.29) is 5.78 Å². The summed E-state index contributed by atoms with van der Waals surface area (Å²) < 4.78 is 12.1. The molecule has 26 heavy (non-hydrogen) atoms. The fourth-order valence-electron chi connectivity index (χ4n) is 3.81. The van der Waals surface area contributed by atoms with E-state index in [9.17, 15) is 4.79 Å². The van der Waals surface area contributed by atoms with E-state index in [0.717, 1.165) is 34.5 Å². The zero-order chi connectivity index (χ0) is 17.8. The second-order valence-corrected chi connectivity index (χ2v) is 7.42. The van der Waals surface area contributed by atoms with Crippen molar-refractivity contribution in [2.75, 3.05) is 6.73 Å². The molecular formula is C22H21NO3. The van der Waals surface area contributed by atoms with Crippen LogP contribution in [0.4, 0.5) is 0 Å². The molecule has 0 unspecified atom stereocenters. The second-order valence-electron chi connectivity index (χ2n) is 7.42. The number of fused-ring (bicyclic) bond motifs is 3. The highest BCUT2D eigenvalue weighted by atomic mass is 16.5. The summed E-state index contributed by atoms with van der Waals surface area (Å²) in [5, 5.41) is 0. The lowest BCUT2D eigenvalue weighted by molar-refractivity contribution is 0.0867. The number of ketones is 1. The fourth-order valence-corrected chi connectivity index (χ4v) is 3.81. The number of hydrogen-bond donors (Lipinski definition) is 0. The predicted octanol–water partition coefficient (Wildman–Crippen LogP) is 4.23. The summed E-state index contributed by atoms with van der Waals surface area (Å²) in [6, 6.07) is 10.6. The van der Waals surface area contributed by atoms with Crippen LogP contribution in [0, 0.1) is 13.8 Å². The Hall–Kier alpha value is -2.59. The molecule has 0 atom stereocenters. The Morgan fingerprint density at radius 3 is 2.73 bits per heavy atom. The van der Waals surface area contributed by atoms with E-state index >= 15 is 0 Å². The molecule has 0 N–H and O–H groups in total. The van der Waals surface area contributed by atoms with Crippen LogP contribution in [0.15, 0.2) is 36.1 Å². The first-order valence-electron chi connectivity index (χ1n) is 9.15. The Balaban J connectivity index is 1.57. The lowest BCUT2D eigenvalue weighted by Gasteiger charge is -2.30. The van der Waals surface area contributed by atoms with Gasteiger partial charge in [-0.05, 0) is 55.5 Å². The molecule has 1 saturated carbocycles. The smallest absolute Gasteiger partial charge is 0.232 e. The van der Waals surface area contributed by atoms with Gasteiger partial charge in [0.25, 0.3) is 0 Å². The van der Waals surface area contributed by atoms with Gasteiger partial charge in [-0.25, -0.2) is 0 Å². The Bertz CT molecular complexity index is 956. The second kappa shape index (κ2) is 5.71. The van der Waals surface area contributed by atoms with Crippen LogP contribution < -0.4 is 9.47 Å². The minimum atomic E-state index is -0.0351. The maximum Gasteiger partial charge on any atom is 0.232 e. The third-order valence-corrected chi connectivity index (χ3v) is 5.49. The summed E-state index contributed by atoms with van der Waals surface area (Å²) in [5.74, 6) is 1.90. The number of Topliss-reactive ketones (excluding diaryl/α,β-unsaturated/α-hetero) is 1. The van der Waals surface area contributed by atoms with Gasteiger partial charge >= 0.3 is 0 Å². The number of nitrogens with zero attached hydrogens (tertiary/aromatic N) is 1. The molecule has 0 radical (unpaired) electrons. The quantitative estimate of drug-likeness (QED) is 0.762. The number of hydrogen-bond acceptors (Lipinski definition) is 4. The molecule has 5 rings (SSSR count). The van der Waals surface area contributed by atoms with Crippen LogP contribution in [0.1, 0.15) is 45.5 Å². The molecule has 0 spiro atoms. The number of benzene rings is 2. The Labute approximate surface area is 153 Å². The van der Waals surface area contributed by atoms with Crippen molar-refractivity contribution in [3.05, 3.63) is 63.9 Å². The van der Waals surface area contributed by atoms with Gasteiger partial charge in [-0.2, -0.15) is 0 Å². The van der Waals surface area contributed by atoms with Gasteiger partial charge in [-0.15, -0.1) is 0 Å². The van der Waals surface area contributed by atoms with Crippen molar-refractivity contribution in [1.29, 1.82) is 0 Å². The van der Waals surface area contributed by atoms with Crippen molar-refractivity contribution < 1.29 is 14.3 Å². The van der Waals surface area contributed by atoms with Crippen molar-refractivity contribution >= 4 is 11.9 Å². The third-order valence-electron chi connectivity index (χ3n) is 5.49. The topological polar surface area (TPSA) is 38.8 Å². The Kier molecular flexibility index (Phi) is 3.44. The minimum absolute atomic E-state index is 0.0351. The zero-order valence-corrected chi connectivity index (χ0v) is 15.0. The van der Waals surface area contributed by atoms with E-state index in [1.54, 1.807) is 0 Å². The summed E-state index contributed by atoms with van der Waals surface area (Å²) in [5.41, 5.74) is 4.73. The van der Waals surface area contributed by atoms with Gasteiger partial charge in [0.2, 0.25) is 5.78 Å². The van der Waals surface area contributed by atoms with Crippen LogP contribution in [0.5, 0.6) is 11.5 Å².